The molecular weight excluding hydrogens is 398 g/mol. The van der Waals surface area contributed by atoms with E-state index < -0.39 is 28.4 Å². The van der Waals surface area contributed by atoms with Gasteiger partial charge in [-0.1, -0.05) is 24.3 Å². The van der Waals surface area contributed by atoms with Crippen LogP contribution < -0.4 is 0 Å². The zero-order valence-corrected chi connectivity index (χ0v) is 16.8. The normalized spacial score (nSPS) is 16.2. The first-order chi connectivity index (χ1) is 13.3. The number of fused-ring (bicyclic) bond motifs is 2. The SMILES string of the molecule is C[C@H](c1nc2ccccc2s1)N(C)C(=O)CN1C(=O)c2ccccc2S1(=O)=O. The number of rotatable bonds is 4. The third-order valence-corrected chi connectivity index (χ3v) is 7.83. The fraction of sp³-hybridized carbons (Fsp3) is 0.211. The molecule has 0 saturated carbocycles. The molecule has 0 saturated heterocycles. The Hall–Kier alpha value is -2.78. The van der Waals surface area contributed by atoms with Crippen LogP contribution in [0.3, 0.4) is 0 Å². The predicted molar refractivity (Wildman–Crippen MR) is 105 cm³/mol. The molecule has 0 spiro atoms. The van der Waals surface area contributed by atoms with Gasteiger partial charge in [0.1, 0.15) is 16.4 Å². The van der Waals surface area contributed by atoms with E-state index in [9.17, 15) is 18.0 Å². The van der Waals surface area contributed by atoms with Crippen LogP contribution in [0.1, 0.15) is 28.3 Å². The highest BCUT2D eigenvalue weighted by atomic mass is 32.2. The maximum Gasteiger partial charge on any atom is 0.269 e. The number of likely N-dealkylation sites (N-methyl/N-ethyl adjacent to an activating group) is 1. The molecule has 2 heterocycles. The van der Waals surface area contributed by atoms with Crippen LogP contribution in [0.25, 0.3) is 10.2 Å². The number of nitrogens with zero attached hydrogens (tertiary/aromatic N) is 3. The van der Waals surface area contributed by atoms with E-state index in [1.165, 1.54) is 28.4 Å². The molecule has 2 amide bonds. The lowest BCUT2D eigenvalue weighted by Gasteiger charge is -2.25. The van der Waals surface area contributed by atoms with E-state index in [2.05, 4.69) is 4.98 Å². The number of carbonyl (C=O) groups is 2. The highest BCUT2D eigenvalue weighted by Crippen LogP contribution is 2.31. The van der Waals surface area contributed by atoms with Gasteiger partial charge in [0.15, 0.2) is 0 Å². The molecule has 28 heavy (non-hydrogen) atoms. The largest absolute Gasteiger partial charge is 0.335 e. The van der Waals surface area contributed by atoms with E-state index in [0.717, 1.165) is 15.2 Å². The maximum absolute atomic E-state index is 12.8. The molecule has 7 nitrogen and oxygen atoms in total. The number of hydrogen-bond acceptors (Lipinski definition) is 6. The highest BCUT2D eigenvalue weighted by Gasteiger charge is 2.42. The number of sulfonamides is 1. The summed E-state index contributed by atoms with van der Waals surface area (Å²) in [4.78, 5) is 31.2. The zero-order valence-electron chi connectivity index (χ0n) is 15.2. The summed E-state index contributed by atoms with van der Waals surface area (Å²) in [5.74, 6) is -1.15. The van der Waals surface area contributed by atoms with Crippen LogP contribution in [0.15, 0.2) is 53.4 Å². The van der Waals surface area contributed by atoms with Crippen LogP contribution in [0.5, 0.6) is 0 Å². The second-order valence-electron chi connectivity index (χ2n) is 6.51. The summed E-state index contributed by atoms with van der Waals surface area (Å²) in [7, 11) is -2.43. The lowest BCUT2D eigenvalue weighted by atomic mass is 10.2. The summed E-state index contributed by atoms with van der Waals surface area (Å²) in [6, 6.07) is 13.3. The Bertz CT molecular complexity index is 1170. The minimum absolute atomic E-state index is 0.0605. The van der Waals surface area contributed by atoms with Crippen LogP contribution in [0, 0.1) is 0 Å². The minimum Gasteiger partial charge on any atom is -0.335 e. The van der Waals surface area contributed by atoms with Gasteiger partial charge >= 0.3 is 0 Å². The van der Waals surface area contributed by atoms with Crippen molar-refractivity contribution in [2.24, 2.45) is 0 Å². The Morgan fingerprint density at radius 1 is 1.18 bits per heavy atom. The number of para-hydroxylation sites is 1. The van der Waals surface area contributed by atoms with E-state index in [4.69, 9.17) is 0 Å². The topological polar surface area (TPSA) is 87.7 Å². The number of amides is 2. The fourth-order valence-electron chi connectivity index (χ4n) is 3.07. The predicted octanol–water partition coefficient (Wildman–Crippen LogP) is 2.66. The second kappa shape index (κ2) is 6.68. The molecule has 1 aliphatic heterocycles. The van der Waals surface area contributed by atoms with E-state index in [-0.39, 0.29) is 16.5 Å². The second-order valence-corrected chi connectivity index (χ2v) is 9.41. The van der Waals surface area contributed by atoms with E-state index in [1.807, 2.05) is 31.2 Å². The summed E-state index contributed by atoms with van der Waals surface area (Å²) in [6.07, 6.45) is 0. The molecule has 0 aliphatic carbocycles. The first-order valence-corrected chi connectivity index (χ1v) is 10.8. The van der Waals surface area contributed by atoms with Crippen molar-refractivity contribution >= 4 is 43.4 Å². The monoisotopic (exact) mass is 415 g/mol. The Morgan fingerprint density at radius 2 is 1.86 bits per heavy atom. The van der Waals surface area contributed by atoms with Crippen LogP contribution in [-0.4, -0.2) is 48.0 Å². The number of thiazole rings is 1. The maximum atomic E-state index is 12.8. The van der Waals surface area contributed by atoms with Gasteiger partial charge in [0.2, 0.25) is 5.91 Å². The first-order valence-electron chi connectivity index (χ1n) is 8.58. The van der Waals surface area contributed by atoms with Gasteiger partial charge in [-0.25, -0.2) is 17.7 Å². The molecule has 4 rings (SSSR count). The zero-order chi connectivity index (χ0) is 20.1. The Kier molecular flexibility index (Phi) is 4.43. The van der Waals surface area contributed by atoms with Gasteiger partial charge in [0.25, 0.3) is 15.9 Å². The van der Waals surface area contributed by atoms with E-state index >= 15 is 0 Å². The van der Waals surface area contributed by atoms with Crippen molar-refractivity contribution in [3.05, 3.63) is 59.1 Å². The third-order valence-electron chi connectivity index (χ3n) is 4.83. The van der Waals surface area contributed by atoms with Gasteiger partial charge in [-0.3, -0.25) is 9.59 Å². The molecular formula is C19H17N3O4S2. The smallest absolute Gasteiger partial charge is 0.269 e. The Balaban J connectivity index is 1.56. The number of aromatic nitrogens is 1. The lowest BCUT2D eigenvalue weighted by Crippen LogP contribution is -2.42. The molecule has 1 aliphatic rings. The molecule has 0 unspecified atom stereocenters. The van der Waals surface area contributed by atoms with Crippen LogP contribution in [-0.2, 0) is 14.8 Å². The Labute approximate surface area is 166 Å². The van der Waals surface area contributed by atoms with Crippen molar-refractivity contribution in [1.29, 1.82) is 0 Å². The van der Waals surface area contributed by atoms with Crippen LogP contribution >= 0.6 is 11.3 Å². The molecule has 3 aromatic rings. The fourth-order valence-corrected chi connectivity index (χ4v) is 5.65. The van der Waals surface area contributed by atoms with Crippen molar-refractivity contribution in [3.8, 4) is 0 Å². The standard InChI is InChI=1S/C19H17N3O4S2/c1-12(18-20-14-8-4-5-9-15(14)27-18)21(2)17(23)11-22-19(24)13-7-3-6-10-16(13)28(22,25)26/h3-10,12H,11H2,1-2H3/t12-/m1/s1. The number of hydrogen-bond donors (Lipinski definition) is 0. The summed E-state index contributed by atoms with van der Waals surface area (Å²) in [5.41, 5.74) is 0.945. The molecule has 9 heteroatoms. The van der Waals surface area contributed by atoms with Gasteiger partial charge in [-0.15, -0.1) is 11.3 Å². The molecule has 1 aromatic heterocycles. The van der Waals surface area contributed by atoms with Gasteiger partial charge in [-0.05, 0) is 31.2 Å². The summed E-state index contributed by atoms with van der Waals surface area (Å²) < 4.78 is 26.9. The molecule has 0 radical (unpaired) electrons. The molecule has 0 N–H and O–H groups in total. The van der Waals surface area contributed by atoms with Crippen molar-refractivity contribution in [2.45, 2.75) is 17.9 Å². The van der Waals surface area contributed by atoms with Crippen LogP contribution in [0.2, 0.25) is 0 Å². The Morgan fingerprint density at radius 3 is 2.57 bits per heavy atom. The molecule has 1 atom stereocenters. The van der Waals surface area contributed by atoms with Crippen LogP contribution in [0.4, 0.5) is 0 Å². The molecule has 0 bridgehead atoms. The summed E-state index contributed by atoms with van der Waals surface area (Å²) >= 11 is 1.48. The molecule has 144 valence electrons. The van der Waals surface area contributed by atoms with Gasteiger partial charge < -0.3 is 4.90 Å². The average Bonchev–Trinajstić information content (AvgIpc) is 3.21. The van der Waals surface area contributed by atoms with E-state index in [0.29, 0.717) is 4.31 Å². The summed E-state index contributed by atoms with van der Waals surface area (Å²) in [6.45, 7) is 1.28. The number of carbonyl (C=O) groups excluding carboxylic acids is 2. The van der Waals surface area contributed by atoms with Gasteiger partial charge in [0.05, 0.1) is 21.8 Å². The lowest BCUT2D eigenvalue weighted by molar-refractivity contribution is -0.131. The van der Waals surface area contributed by atoms with Crippen molar-refractivity contribution in [2.75, 3.05) is 13.6 Å². The molecule has 0 fully saturated rings. The summed E-state index contributed by atoms with van der Waals surface area (Å²) in [5, 5.41) is 0.746. The third kappa shape index (κ3) is 2.87. The minimum atomic E-state index is -4.01. The average molecular weight is 415 g/mol. The van der Waals surface area contributed by atoms with Crippen molar-refractivity contribution in [3.63, 3.8) is 0 Å². The quantitative estimate of drug-likeness (QED) is 0.654. The highest BCUT2D eigenvalue weighted by molar-refractivity contribution is 7.90. The van der Waals surface area contributed by atoms with Gasteiger partial charge in [0, 0.05) is 7.05 Å². The van der Waals surface area contributed by atoms with Crippen molar-refractivity contribution < 1.29 is 18.0 Å². The molecule has 2 aromatic carbocycles. The number of benzene rings is 2. The van der Waals surface area contributed by atoms with Gasteiger partial charge in [-0.2, -0.15) is 0 Å². The van der Waals surface area contributed by atoms with Crippen molar-refractivity contribution in [1.82, 2.24) is 14.2 Å². The van der Waals surface area contributed by atoms with E-state index in [1.54, 1.807) is 19.2 Å². The first kappa shape index (κ1) is 18.6.